The van der Waals surface area contributed by atoms with Crippen LogP contribution in [0.4, 0.5) is 4.39 Å². The average Bonchev–Trinajstić information content (AvgIpc) is 2.37. The van der Waals surface area contributed by atoms with Crippen molar-refractivity contribution < 1.29 is 14.2 Å². The molecule has 0 aromatic heterocycles. The van der Waals surface area contributed by atoms with Crippen LogP contribution in [0.3, 0.4) is 0 Å². The third-order valence-corrected chi connectivity index (χ3v) is 3.52. The third kappa shape index (κ3) is 3.11. The van der Waals surface area contributed by atoms with E-state index in [2.05, 4.69) is 0 Å². The van der Waals surface area contributed by atoms with Gasteiger partial charge in [-0.15, -0.1) is 0 Å². The van der Waals surface area contributed by atoms with E-state index in [0.29, 0.717) is 27.6 Å². The van der Waals surface area contributed by atoms with E-state index in [4.69, 9.17) is 16.3 Å². The fourth-order valence-electron chi connectivity index (χ4n) is 1.89. The number of hydrogen-bond acceptors (Lipinski definition) is 2. The normalized spacial score (nSPS) is 12.3. The molecule has 2 aromatic carbocycles. The number of aryl methyl sites for hydroxylation is 2. The Kier molecular flexibility index (Phi) is 4.31. The summed E-state index contributed by atoms with van der Waals surface area (Å²) in [6, 6.07) is 8.16. The van der Waals surface area contributed by atoms with Crippen LogP contribution in [0.2, 0.25) is 5.02 Å². The smallest absolute Gasteiger partial charge is 0.133 e. The fraction of sp³-hybridized carbons (Fsp3) is 0.250. The Labute approximate surface area is 122 Å². The van der Waals surface area contributed by atoms with Gasteiger partial charge in [0.2, 0.25) is 0 Å². The first-order valence-corrected chi connectivity index (χ1v) is 6.68. The molecule has 0 heterocycles. The van der Waals surface area contributed by atoms with Crippen molar-refractivity contribution >= 4 is 11.6 Å². The van der Waals surface area contributed by atoms with E-state index in [0.717, 1.165) is 5.56 Å². The molecule has 2 nitrogen and oxygen atoms in total. The molecule has 1 N–H and O–H groups in total. The zero-order valence-electron chi connectivity index (χ0n) is 11.6. The minimum absolute atomic E-state index is 0.361. The van der Waals surface area contributed by atoms with Crippen molar-refractivity contribution in [1.29, 1.82) is 0 Å². The van der Waals surface area contributed by atoms with Crippen LogP contribution in [0.5, 0.6) is 11.5 Å². The number of benzene rings is 2. The molecule has 1 atom stereocenters. The molecule has 4 heteroatoms. The molecule has 0 amide bonds. The number of rotatable bonds is 3. The Morgan fingerprint density at radius 1 is 1.15 bits per heavy atom. The van der Waals surface area contributed by atoms with Gasteiger partial charge in [-0.25, -0.2) is 4.39 Å². The number of halogens is 2. The summed E-state index contributed by atoms with van der Waals surface area (Å²) < 4.78 is 19.3. The molecule has 0 aliphatic heterocycles. The topological polar surface area (TPSA) is 29.5 Å². The van der Waals surface area contributed by atoms with Crippen molar-refractivity contribution in [3.05, 3.63) is 57.9 Å². The molecule has 0 radical (unpaired) electrons. The van der Waals surface area contributed by atoms with Gasteiger partial charge in [-0.2, -0.15) is 0 Å². The molecule has 0 bridgehead atoms. The molecular weight excluding hydrogens is 279 g/mol. The quantitative estimate of drug-likeness (QED) is 0.868. The summed E-state index contributed by atoms with van der Waals surface area (Å²) in [5.74, 6) is 0.681. The molecule has 0 aliphatic rings. The SMILES string of the molecule is Cc1cc(Oc2ccc(Cl)c(C)c2)c([C@H](C)O)cc1F. The number of aliphatic hydroxyl groups excluding tert-OH is 1. The van der Waals surface area contributed by atoms with Gasteiger partial charge in [0.25, 0.3) is 0 Å². The molecular formula is C16H16ClFO2. The van der Waals surface area contributed by atoms with E-state index in [9.17, 15) is 9.50 Å². The zero-order valence-corrected chi connectivity index (χ0v) is 12.3. The Balaban J connectivity index is 2.41. The Hall–Kier alpha value is -1.58. The summed E-state index contributed by atoms with van der Waals surface area (Å²) in [6.45, 7) is 5.10. The second-order valence-electron chi connectivity index (χ2n) is 4.83. The van der Waals surface area contributed by atoms with Gasteiger partial charge in [-0.3, -0.25) is 0 Å². The van der Waals surface area contributed by atoms with E-state index in [1.54, 1.807) is 38.1 Å². The van der Waals surface area contributed by atoms with Crippen molar-refractivity contribution in [2.45, 2.75) is 26.9 Å². The van der Waals surface area contributed by atoms with Gasteiger partial charge in [-0.05, 0) is 62.2 Å². The predicted octanol–water partition coefficient (Wildman–Crippen LogP) is 4.94. The van der Waals surface area contributed by atoms with Crippen LogP contribution in [-0.2, 0) is 0 Å². The lowest BCUT2D eigenvalue weighted by Gasteiger charge is -2.15. The minimum Gasteiger partial charge on any atom is -0.457 e. The second-order valence-corrected chi connectivity index (χ2v) is 5.24. The van der Waals surface area contributed by atoms with Gasteiger partial charge in [0.1, 0.15) is 17.3 Å². The lowest BCUT2D eigenvalue weighted by molar-refractivity contribution is 0.195. The lowest BCUT2D eigenvalue weighted by atomic mass is 10.1. The number of ether oxygens (including phenoxy) is 1. The van der Waals surface area contributed by atoms with Gasteiger partial charge < -0.3 is 9.84 Å². The summed E-state index contributed by atoms with van der Waals surface area (Å²) in [6.07, 6.45) is -0.812. The van der Waals surface area contributed by atoms with Crippen LogP contribution < -0.4 is 4.74 Å². The molecule has 0 saturated carbocycles. The fourth-order valence-corrected chi connectivity index (χ4v) is 2.01. The highest BCUT2D eigenvalue weighted by Gasteiger charge is 2.14. The first-order valence-electron chi connectivity index (χ1n) is 6.30. The number of aliphatic hydroxyl groups is 1. The van der Waals surface area contributed by atoms with Gasteiger partial charge in [0, 0.05) is 10.6 Å². The Morgan fingerprint density at radius 3 is 2.45 bits per heavy atom. The van der Waals surface area contributed by atoms with Crippen LogP contribution in [-0.4, -0.2) is 5.11 Å². The maximum atomic E-state index is 13.6. The molecule has 2 aromatic rings. The Bertz CT molecular complexity index is 639. The summed E-state index contributed by atoms with van der Waals surface area (Å²) in [4.78, 5) is 0. The molecule has 0 unspecified atom stereocenters. The van der Waals surface area contributed by atoms with Gasteiger partial charge >= 0.3 is 0 Å². The first kappa shape index (κ1) is 14.8. The van der Waals surface area contributed by atoms with E-state index < -0.39 is 6.10 Å². The predicted molar refractivity (Wildman–Crippen MR) is 78.0 cm³/mol. The number of hydrogen-bond donors (Lipinski definition) is 1. The minimum atomic E-state index is -0.812. The maximum Gasteiger partial charge on any atom is 0.133 e. The highest BCUT2D eigenvalue weighted by molar-refractivity contribution is 6.31. The summed E-state index contributed by atoms with van der Waals surface area (Å²) in [7, 11) is 0. The van der Waals surface area contributed by atoms with Gasteiger partial charge in [0.15, 0.2) is 0 Å². The van der Waals surface area contributed by atoms with E-state index in [1.807, 2.05) is 6.92 Å². The van der Waals surface area contributed by atoms with Crippen molar-refractivity contribution in [1.82, 2.24) is 0 Å². The molecule has 20 heavy (non-hydrogen) atoms. The summed E-state index contributed by atoms with van der Waals surface area (Å²) in [5, 5.41) is 10.4. The molecule has 0 spiro atoms. The Morgan fingerprint density at radius 2 is 1.85 bits per heavy atom. The molecule has 0 aliphatic carbocycles. The average molecular weight is 295 g/mol. The standard InChI is InChI=1S/C16H16ClFO2/c1-9-6-12(4-5-14(9)17)20-16-7-10(2)15(18)8-13(16)11(3)19/h4-8,11,19H,1-3H3/t11-/m0/s1. The van der Waals surface area contributed by atoms with Crippen LogP contribution >= 0.6 is 11.6 Å². The zero-order chi connectivity index (χ0) is 14.9. The first-order chi connectivity index (χ1) is 9.38. The van der Waals surface area contributed by atoms with Crippen LogP contribution in [0.25, 0.3) is 0 Å². The molecule has 2 rings (SSSR count). The summed E-state index contributed by atoms with van der Waals surface area (Å²) >= 11 is 5.97. The molecule has 0 saturated heterocycles. The third-order valence-electron chi connectivity index (χ3n) is 3.10. The lowest BCUT2D eigenvalue weighted by Crippen LogP contribution is -1.99. The maximum absolute atomic E-state index is 13.6. The molecule has 0 fully saturated rings. The highest BCUT2D eigenvalue weighted by atomic mass is 35.5. The monoisotopic (exact) mass is 294 g/mol. The second kappa shape index (κ2) is 5.81. The largest absolute Gasteiger partial charge is 0.457 e. The van der Waals surface area contributed by atoms with Crippen molar-refractivity contribution in [3.63, 3.8) is 0 Å². The van der Waals surface area contributed by atoms with Crippen LogP contribution in [0.15, 0.2) is 30.3 Å². The van der Waals surface area contributed by atoms with E-state index >= 15 is 0 Å². The summed E-state index contributed by atoms with van der Waals surface area (Å²) in [5.41, 5.74) is 1.78. The molecule has 106 valence electrons. The van der Waals surface area contributed by atoms with E-state index in [-0.39, 0.29) is 5.82 Å². The van der Waals surface area contributed by atoms with Crippen molar-refractivity contribution in [3.8, 4) is 11.5 Å². The van der Waals surface area contributed by atoms with Gasteiger partial charge in [0.05, 0.1) is 6.10 Å². The van der Waals surface area contributed by atoms with Crippen LogP contribution in [0, 0.1) is 19.7 Å². The van der Waals surface area contributed by atoms with Crippen LogP contribution in [0.1, 0.15) is 29.7 Å². The van der Waals surface area contributed by atoms with Crippen molar-refractivity contribution in [2.24, 2.45) is 0 Å². The highest BCUT2D eigenvalue weighted by Crippen LogP contribution is 2.33. The van der Waals surface area contributed by atoms with Gasteiger partial charge in [-0.1, -0.05) is 11.6 Å². The van der Waals surface area contributed by atoms with Crippen molar-refractivity contribution in [2.75, 3.05) is 0 Å². The van der Waals surface area contributed by atoms with E-state index in [1.165, 1.54) is 6.07 Å².